The number of amides is 1. The first-order valence-corrected chi connectivity index (χ1v) is 10.9. The number of halogens is 1. The van der Waals surface area contributed by atoms with Gasteiger partial charge in [-0.15, -0.1) is 0 Å². The van der Waals surface area contributed by atoms with E-state index in [4.69, 9.17) is 0 Å². The number of para-hydroxylation sites is 2. The lowest BCUT2D eigenvalue weighted by Crippen LogP contribution is -2.49. The second kappa shape index (κ2) is 8.13. The van der Waals surface area contributed by atoms with Crippen LogP contribution in [0.3, 0.4) is 0 Å². The van der Waals surface area contributed by atoms with Crippen LogP contribution in [0.15, 0.2) is 82.6 Å². The van der Waals surface area contributed by atoms with Crippen molar-refractivity contribution in [1.29, 1.82) is 0 Å². The van der Waals surface area contributed by atoms with Crippen molar-refractivity contribution in [1.82, 2.24) is 4.90 Å². The quantitative estimate of drug-likeness (QED) is 0.611. The van der Waals surface area contributed by atoms with E-state index in [9.17, 15) is 9.18 Å². The molecule has 1 saturated heterocycles. The SMILES string of the molecule is O=C(CN1CCN(c2ccc(F)cc2)CC1)N1c2ccccc2Sc2ccccc21. The minimum atomic E-state index is -0.219. The summed E-state index contributed by atoms with van der Waals surface area (Å²) in [7, 11) is 0. The summed E-state index contributed by atoms with van der Waals surface area (Å²) in [5.74, 6) is -0.131. The molecule has 0 N–H and O–H groups in total. The third-order valence-electron chi connectivity index (χ3n) is 5.60. The third kappa shape index (κ3) is 3.68. The van der Waals surface area contributed by atoms with Crippen LogP contribution < -0.4 is 9.80 Å². The van der Waals surface area contributed by atoms with Crippen LogP contribution in [0.25, 0.3) is 0 Å². The largest absolute Gasteiger partial charge is 0.369 e. The normalized spacial score (nSPS) is 16.2. The molecule has 0 unspecified atom stereocenters. The Hall–Kier alpha value is -2.83. The lowest BCUT2D eigenvalue weighted by molar-refractivity contribution is -0.119. The van der Waals surface area contributed by atoms with Crippen molar-refractivity contribution in [3.63, 3.8) is 0 Å². The number of nitrogens with zero attached hydrogens (tertiary/aromatic N) is 3. The van der Waals surface area contributed by atoms with Crippen molar-refractivity contribution < 1.29 is 9.18 Å². The molecule has 1 fully saturated rings. The summed E-state index contributed by atoms with van der Waals surface area (Å²) in [5, 5.41) is 0. The van der Waals surface area contributed by atoms with Crippen molar-refractivity contribution in [2.24, 2.45) is 0 Å². The molecule has 2 heterocycles. The molecule has 0 radical (unpaired) electrons. The molecule has 1 amide bonds. The molecule has 0 atom stereocenters. The van der Waals surface area contributed by atoms with E-state index in [0.717, 1.165) is 53.0 Å². The number of carbonyl (C=O) groups excluding carboxylic acids is 1. The molecule has 6 heteroatoms. The molecule has 2 aliphatic heterocycles. The predicted octanol–water partition coefficient (Wildman–Crippen LogP) is 4.78. The summed E-state index contributed by atoms with van der Waals surface area (Å²) in [5.41, 5.74) is 2.94. The van der Waals surface area contributed by atoms with Crippen LogP contribution in [0.5, 0.6) is 0 Å². The van der Waals surface area contributed by atoms with Gasteiger partial charge < -0.3 is 4.90 Å². The monoisotopic (exact) mass is 419 g/mol. The summed E-state index contributed by atoms with van der Waals surface area (Å²) < 4.78 is 13.2. The molecule has 30 heavy (non-hydrogen) atoms. The Morgan fingerprint density at radius 2 is 1.37 bits per heavy atom. The Balaban J connectivity index is 1.30. The summed E-state index contributed by atoms with van der Waals surface area (Å²) in [6.45, 7) is 3.62. The van der Waals surface area contributed by atoms with E-state index in [1.165, 1.54) is 12.1 Å². The van der Waals surface area contributed by atoms with E-state index in [-0.39, 0.29) is 11.7 Å². The van der Waals surface area contributed by atoms with Crippen molar-refractivity contribution in [3.05, 3.63) is 78.6 Å². The maximum absolute atomic E-state index is 13.4. The highest BCUT2D eigenvalue weighted by atomic mass is 32.2. The number of hydrogen-bond donors (Lipinski definition) is 0. The maximum atomic E-state index is 13.4. The van der Waals surface area contributed by atoms with Crippen molar-refractivity contribution in [2.45, 2.75) is 9.79 Å². The van der Waals surface area contributed by atoms with Gasteiger partial charge in [0, 0.05) is 41.7 Å². The molecule has 2 aliphatic rings. The van der Waals surface area contributed by atoms with Crippen LogP contribution in [0, 0.1) is 5.82 Å². The Labute approximate surface area is 179 Å². The minimum absolute atomic E-state index is 0.0884. The van der Waals surface area contributed by atoms with Gasteiger partial charge in [0.05, 0.1) is 17.9 Å². The first kappa shape index (κ1) is 19.2. The van der Waals surface area contributed by atoms with Crippen molar-refractivity contribution in [2.75, 3.05) is 42.5 Å². The van der Waals surface area contributed by atoms with Gasteiger partial charge >= 0.3 is 0 Å². The zero-order valence-electron chi connectivity index (χ0n) is 16.5. The van der Waals surface area contributed by atoms with Gasteiger partial charge in [-0.1, -0.05) is 36.0 Å². The first-order valence-electron chi connectivity index (χ1n) is 10.1. The number of rotatable bonds is 3. The fourth-order valence-corrected chi connectivity index (χ4v) is 5.11. The van der Waals surface area contributed by atoms with Crippen LogP contribution in [0.4, 0.5) is 21.5 Å². The molecular weight excluding hydrogens is 397 g/mol. The summed E-state index contributed by atoms with van der Waals surface area (Å²) in [4.78, 5) is 21.9. The third-order valence-corrected chi connectivity index (χ3v) is 6.73. The second-order valence-electron chi connectivity index (χ2n) is 7.51. The molecule has 0 aliphatic carbocycles. The summed E-state index contributed by atoms with van der Waals surface area (Å²) in [6.07, 6.45) is 0. The standard InChI is InChI=1S/C24H22FN3OS/c25-18-9-11-19(12-10-18)27-15-13-26(14-16-27)17-24(29)28-20-5-1-3-7-22(20)30-23-8-4-2-6-21(23)28/h1-12H,13-17H2. The number of benzene rings is 3. The van der Waals surface area contributed by atoms with E-state index >= 15 is 0 Å². The molecule has 3 aromatic rings. The molecule has 0 spiro atoms. The van der Waals surface area contributed by atoms with E-state index in [1.54, 1.807) is 11.8 Å². The van der Waals surface area contributed by atoms with Gasteiger partial charge in [-0.3, -0.25) is 14.6 Å². The number of fused-ring (bicyclic) bond motifs is 2. The molecule has 152 valence electrons. The highest BCUT2D eigenvalue weighted by Gasteiger charge is 2.29. The molecule has 0 bridgehead atoms. The molecule has 5 rings (SSSR count). The highest BCUT2D eigenvalue weighted by Crippen LogP contribution is 2.47. The maximum Gasteiger partial charge on any atom is 0.245 e. The zero-order chi connectivity index (χ0) is 20.5. The molecule has 3 aromatic carbocycles. The number of carbonyl (C=O) groups is 1. The predicted molar refractivity (Wildman–Crippen MR) is 119 cm³/mol. The van der Waals surface area contributed by atoms with Gasteiger partial charge in [0.15, 0.2) is 0 Å². The second-order valence-corrected chi connectivity index (χ2v) is 8.59. The number of piperazine rings is 1. The van der Waals surface area contributed by atoms with Gasteiger partial charge in [0.25, 0.3) is 0 Å². The van der Waals surface area contributed by atoms with E-state index in [1.807, 2.05) is 53.4 Å². The average Bonchev–Trinajstić information content (AvgIpc) is 2.78. The van der Waals surface area contributed by atoms with E-state index in [0.29, 0.717) is 6.54 Å². The lowest BCUT2D eigenvalue weighted by atomic mass is 10.2. The minimum Gasteiger partial charge on any atom is -0.369 e. The highest BCUT2D eigenvalue weighted by molar-refractivity contribution is 7.99. The van der Waals surface area contributed by atoms with E-state index < -0.39 is 0 Å². The fourth-order valence-electron chi connectivity index (χ4n) is 4.05. The van der Waals surface area contributed by atoms with Crippen molar-refractivity contribution in [3.8, 4) is 0 Å². The first-order chi connectivity index (χ1) is 14.7. The molecular formula is C24H22FN3OS. The van der Waals surface area contributed by atoms with Crippen LogP contribution in [0.1, 0.15) is 0 Å². The smallest absolute Gasteiger partial charge is 0.245 e. The zero-order valence-corrected chi connectivity index (χ0v) is 17.3. The van der Waals surface area contributed by atoms with Gasteiger partial charge in [-0.2, -0.15) is 0 Å². The number of anilines is 3. The van der Waals surface area contributed by atoms with Crippen LogP contribution in [-0.2, 0) is 4.79 Å². The van der Waals surface area contributed by atoms with Crippen LogP contribution in [-0.4, -0.2) is 43.5 Å². The van der Waals surface area contributed by atoms with Gasteiger partial charge in [-0.05, 0) is 48.5 Å². The average molecular weight is 420 g/mol. The van der Waals surface area contributed by atoms with Crippen LogP contribution in [0.2, 0.25) is 0 Å². The molecule has 0 saturated carbocycles. The number of hydrogen-bond acceptors (Lipinski definition) is 4. The molecule has 0 aromatic heterocycles. The topological polar surface area (TPSA) is 26.8 Å². The summed E-state index contributed by atoms with van der Waals surface area (Å²) in [6, 6.07) is 22.8. The Morgan fingerprint density at radius 1 is 0.800 bits per heavy atom. The fraction of sp³-hybridized carbons (Fsp3) is 0.208. The Kier molecular flexibility index (Phi) is 5.19. The molecule has 4 nitrogen and oxygen atoms in total. The van der Waals surface area contributed by atoms with Gasteiger partial charge in [-0.25, -0.2) is 4.39 Å². The lowest BCUT2D eigenvalue weighted by Gasteiger charge is -2.37. The summed E-state index contributed by atoms with van der Waals surface area (Å²) >= 11 is 1.71. The Bertz CT molecular complexity index is 1020. The van der Waals surface area contributed by atoms with Crippen LogP contribution >= 0.6 is 11.8 Å². The Morgan fingerprint density at radius 3 is 1.97 bits per heavy atom. The van der Waals surface area contributed by atoms with Gasteiger partial charge in [0.1, 0.15) is 5.82 Å². The van der Waals surface area contributed by atoms with Gasteiger partial charge in [0.2, 0.25) is 5.91 Å². The van der Waals surface area contributed by atoms with Crippen molar-refractivity contribution >= 4 is 34.7 Å². The van der Waals surface area contributed by atoms with E-state index in [2.05, 4.69) is 21.9 Å².